The number of benzene rings is 2. The monoisotopic (exact) mass is 267 g/mol. The lowest BCUT2D eigenvalue weighted by molar-refractivity contribution is 0.853. The van der Waals surface area contributed by atoms with Crippen LogP contribution in [0.5, 0.6) is 0 Å². The van der Waals surface area contributed by atoms with Crippen LogP contribution in [0, 0.1) is 13.8 Å². The van der Waals surface area contributed by atoms with Crippen LogP contribution >= 0.6 is 0 Å². The quantitative estimate of drug-likeness (QED) is 0.868. The van der Waals surface area contributed by atoms with Gasteiger partial charge >= 0.3 is 0 Å². The molecule has 0 aliphatic rings. The van der Waals surface area contributed by atoms with Crippen LogP contribution in [0.4, 0.5) is 0 Å². The molecule has 1 nitrogen and oxygen atoms in total. The molecule has 0 aliphatic heterocycles. The second-order valence-corrected chi connectivity index (χ2v) is 5.57. The van der Waals surface area contributed by atoms with E-state index in [1.54, 1.807) is 0 Å². The first-order valence-corrected chi connectivity index (χ1v) is 7.51. The SMILES string of the molecule is CCc1ccc(C(N)c2ccc(C)cc2C)cc1CC. The van der Waals surface area contributed by atoms with E-state index in [1.165, 1.54) is 33.4 Å². The van der Waals surface area contributed by atoms with Crippen LogP contribution in [-0.4, -0.2) is 0 Å². The van der Waals surface area contributed by atoms with E-state index in [-0.39, 0.29) is 6.04 Å². The molecule has 2 aromatic rings. The molecule has 0 amide bonds. The van der Waals surface area contributed by atoms with Crippen LogP contribution in [0.1, 0.15) is 53.3 Å². The van der Waals surface area contributed by atoms with E-state index in [0.717, 1.165) is 12.8 Å². The van der Waals surface area contributed by atoms with E-state index in [1.807, 2.05) is 0 Å². The van der Waals surface area contributed by atoms with Crippen LogP contribution in [0.3, 0.4) is 0 Å². The van der Waals surface area contributed by atoms with Crippen LogP contribution in [-0.2, 0) is 12.8 Å². The van der Waals surface area contributed by atoms with Gasteiger partial charge < -0.3 is 5.73 Å². The molecule has 0 fully saturated rings. The van der Waals surface area contributed by atoms with E-state index in [2.05, 4.69) is 64.1 Å². The molecule has 20 heavy (non-hydrogen) atoms. The molecule has 106 valence electrons. The van der Waals surface area contributed by atoms with Crippen molar-refractivity contribution in [3.8, 4) is 0 Å². The molecule has 0 heterocycles. The molecule has 1 heteroatoms. The summed E-state index contributed by atoms with van der Waals surface area (Å²) in [4.78, 5) is 0. The first kappa shape index (κ1) is 14.8. The Kier molecular flexibility index (Phi) is 4.61. The Hall–Kier alpha value is -1.60. The molecule has 2 aromatic carbocycles. The Morgan fingerprint density at radius 1 is 0.900 bits per heavy atom. The van der Waals surface area contributed by atoms with E-state index >= 15 is 0 Å². The minimum Gasteiger partial charge on any atom is -0.320 e. The number of hydrogen-bond donors (Lipinski definition) is 1. The van der Waals surface area contributed by atoms with Gasteiger partial charge in [-0.25, -0.2) is 0 Å². The molecule has 2 rings (SSSR count). The number of nitrogens with two attached hydrogens (primary N) is 1. The predicted molar refractivity (Wildman–Crippen MR) is 87.1 cm³/mol. The van der Waals surface area contributed by atoms with Crippen molar-refractivity contribution in [2.75, 3.05) is 0 Å². The maximum atomic E-state index is 6.48. The molecule has 2 N–H and O–H groups in total. The molecular weight excluding hydrogens is 242 g/mol. The standard InChI is InChI=1S/C19H25N/c1-5-15-8-9-17(12-16(15)6-2)19(20)18-10-7-13(3)11-14(18)4/h7-12,19H,5-6,20H2,1-4H3. The summed E-state index contributed by atoms with van der Waals surface area (Å²) in [5, 5.41) is 0. The Morgan fingerprint density at radius 3 is 2.20 bits per heavy atom. The minimum atomic E-state index is -0.0354. The van der Waals surface area contributed by atoms with Crippen molar-refractivity contribution in [3.05, 3.63) is 69.8 Å². The van der Waals surface area contributed by atoms with Crippen molar-refractivity contribution >= 4 is 0 Å². The van der Waals surface area contributed by atoms with Gasteiger partial charge in [-0.15, -0.1) is 0 Å². The average Bonchev–Trinajstić information content (AvgIpc) is 2.45. The Bertz CT molecular complexity index is 599. The fourth-order valence-corrected chi connectivity index (χ4v) is 2.87. The van der Waals surface area contributed by atoms with Gasteiger partial charge in [0, 0.05) is 0 Å². The summed E-state index contributed by atoms with van der Waals surface area (Å²) in [5.41, 5.74) is 14.3. The normalized spacial score (nSPS) is 12.4. The molecule has 1 unspecified atom stereocenters. The van der Waals surface area contributed by atoms with Gasteiger partial charge in [0.1, 0.15) is 0 Å². The van der Waals surface area contributed by atoms with Gasteiger partial charge in [0.2, 0.25) is 0 Å². The second-order valence-electron chi connectivity index (χ2n) is 5.57. The molecule has 0 aromatic heterocycles. The average molecular weight is 267 g/mol. The van der Waals surface area contributed by atoms with Gasteiger partial charge in [0.05, 0.1) is 6.04 Å². The topological polar surface area (TPSA) is 26.0 Å². The van der Waals surface area contributed by atoms with Crippen molar-refractivity contribution in [1.29, 1.82) is 0 Å². The second kappa shape index (κ2) is 6.23. The number of hydrogen-bond acceptors (Lipinski definition) is 1. The van der Waals surface area contributed by atoms with Crippen molar-refractivity contribution in [2.45, 2.75) is 46.6 Å². The molecule has 0 aliphatic carbocycles. The molecule has 1 atom stereocenters. The Labute approximate surface area is 122 Å². The first-order chi connectivity index (χ1) is 9.56. The van der Waals surface area contributed by atoms with Crippen LogP contribution in [0.25, 0.3) is 0 Å². The summed E-state index contributed by atoms with van der Waals surface area (Å²) in [5.74, 6) is 0. The molecular formula is C19H25N. The van der Waals surface area contributed by atoms with Crippen molar-refractivity contribution in [3.63, 3.8) is 0 Å². The summed E-state index contributed by atoms with van der Waals surface area (Å²) in [6.45, 7) is 8.68. The van der Waals surface area contributed by atoms with Crippen LogP contribution < -0.4 is 5.73 Å². The minimum absolute atomic E-state index is 0.0354. The Morgan fingerprint density at radius 2 is 1.60 bits per heavy atom. The maximum Gasteiger partial charge on any atom is 0.0554 e. The third kappa shape index (κ3) is 2.94. The smallest absolute Gasteiger partial charge is 0.0554 e. The molecule has 0 saturated carbocycles. The predicted octanol–water partition coefficient (Wildman–Crippen LogP) is 4.48. The zero-order chi connectivity index (χ0) is 14.7. The highest BCUT2D eigenvalue weighted by Crippen LogP contribution is 2.25. The fourth-order valence-electron chi connectivity index (χ4n) is 2.87. The summed E-state index contributed by atoms with van der Waals surface area (Å²) >= 11 is 0. The first-order valence-electron chi connectivity index (χ1n) is 7.51. The third-order valence-corrected chi connectivity index (χ3v) is 4.11. The molecule has 0 radical (unpaired) electrons. The van der Waals surface area contributed by atoms with E-state index < -0.39 is 0 Å². The lowest BCUT2D eigenvalue weighted by Crippen LogP contribution is -2.14. The van der Waals surface area contributed by atoms with Gasteiger partial charge in [-0.1, -0.05) is 55.8 Å². The van der Waals surface area contributed by atoms with Crippen LogP contribution in [0.2, 0.25) is 0 Å². The molecule has 0 saturated heterocycles. The zero-order valence-corrected chi connectivity index (χ0v) is 13.0. The lowest BCUT2D eigenvalue weighted by Gasteiger charge is -2.18. The van der Waals surface area contributed by atoms with Gasteiger partial charge in [0.15, 0.2) is 0 Å². The number of rotatable bonds is 4. The largest absolute Gasteiger partial charge is 0.320 e. The Balaban J connectivity index is 2.40. The van der Waals surface area contributed by atoms with E-state index in [4.69, 9.17) is 5.73 Å². The van der Waals surface area contributed by atoms with E-state index in [9.17, 15) is 0 Å². The third-order valence-electron chi connectivity index (χ3n) is 4.11. The summed E-state index contributed by atoms with van der Waals surface area (Å²) in [6, 6.07) is 13.2. The lowest BCUT2D eigenvalue weighted by atomic mass is 9.91. The molecule has 0 spiro atoms. The highest BCUT2D eigenvalue weighted by molar-refractivity contribution is 5.41. The van der Waals surface area contributed by atoms with Gasteiger partial charge in [-0.3, -0.25) is 0 Å². The fraction of sp³-hybridized carbons (Fsp3) is 0.368. The van der Waals surface area contributed by atoms with Crippen molar-refractivity contribution < 1.29 is 0 Å². The van der Waals surface area contributed by atoms with E-state index in [0.29, 0.717) is 0 Å². The highest BCUT2D eigenvalue weighted by atomic mass is 14.6. The number of aryl methyl sites for hydroxylation is 4. The van der Waals surface area contributed by atoms with Gasteiger partial charge in [-0.2, -0.15) is 0 Å². The zero-order valence-electron chi connectivity index (χ0n) is 13.0. The molecule has 0 bridgehead atoms. The van der Waals surface area contributed by atoms with Crippen LogP contribution in [0.15, 0.2) is 36.4 Å². The maximum absolute atomic E-state index is 6.48. The van der Waals surface area contributed by atoms with Gasteiger partial charge in [-0.05, 0) is 54.5 Å². The highest BCUT2D eigenvalue weighted by Gasteiger charge is 2.12. The van der Waals surface area contributed by atoms with Crippen molar-refractivity contribution in [2.24, 2.45) is 5.73 Å². The summed E-state index contributed by atoms with van der Waals surface area (Å²) < 4.78 is 0. The van der Waals surface area contributed by atoms with Gasteiger partial charge in [0.25, 0.3) is 0 Å². The summed E-state index contributed by atoms with van der Waals surface area (Å²) in [6.07, 6.45) is 2.15. The summed E-state index contributed by atoms with van der Waals surface area (Å²) in [7, 11) is 0. The van der Waals surface area contributed by atoms with Crippen molar-refractivity contribution in [1.82, 2.24) is 0 Å².